The van der Waals surface area contributed by atoms with Crippen LogP contribution in [0.2, 0.25) is 0 Å². The molecule has 1 atom stereocenters. The van der Waals surface area contributed by atoms with Crippen LogP contribution in [0.15, 0.2) is 6.07 Å². The molecule has 4 bridgehead atoms. The Labute approximate surface area is 173 Å². The molecule has 28 heavy (non-hydrogen) atoms. The monoisotopic (exact) mass is 404 g/mol. The van der Waals surface area contributed by atoms with Gasteiger partial charge in [-0.2, -0.15) is 0 Å². The van der Waals surface area contributed by atoms with Crippen molar-refractivity contribution >= 4 is 22.2 Å². The van der Waals surface area contributed by atoms with Crippen LogP contribution in [0.3, 0.4) is 0 Å². The number of amides is 1. The van der Waals surface area contributed by atoms with Crippen LogP contribution in [0, 0.1) is 23.2 Å². The summed E-state index contributed by atoms with van der Waals surface area (Å²) in [4.78, 5) is 16.8. The van der Waals surface area contributed by atoms with Gasteiger partial charge in [0.2, 0.25) is 5.91 Å². The normalized spacial score (nSPS) is 32.1. The van der Waals surface area contributed by atoms with Gasteiger partial charge in [0, 0.05) is 17.0 Å². The van der Waals surface area contributed by atoms with Crippen molar-refractivity contribution in [3.05, 3.63) is 16.5 Å². The van der Waals surface area contributed by atoms with Crippen LogP contribution in [-0.4, -0.2) is 36.6 Å². The SMILES string of the molecule is CCCCc1cc(C(O)CN(C)C)c(NC(=O)C23CC4CC(CC(C4)C2)C3)s1. The van der Waals surface area contributed by atoms with Gasteiger partial charge in [-0.05, 0) is 89.3 Å². The first-order chi connectivity index (χ1) is 13.4. The number of rotatable bonds is 8. The van der Waals surface area contributed by atoms with Crippen molar-refractivity contribution in [2.75, 3.05) is 26.0 Å². The van der Waals surface area contributed by atoms with Crippen LogP contribution in [0.25, 0.3) is 0 Å². The van der Waals surface area contributed by atoms with E-state index in [1.165, 1.54) is 24.1 Å². The largest absolute Gasteiger partial charge is 0.387 e. The summed E-state index contributed by atoms with van der Waals surface area (Å²) in [5, 5.41) is 15.0. The molecule has 4 aliphatic carbocycles. The molecule has 0 radical (unpaired) electrons. The molecule has 4 nitrogen and oxygen atoms in total. The van der Waals surface area contributed by atoms with Crippen molar-refractivity contribution in [2.45, 2.75) is 70.8 Å². The van der Waals surface area contributed by atoms with Crippen molar-refractivity contribution < 1.29 is 9.90 Å². The second-order valence-corrected chi connectivity index (χ2v) is 11.2. The topological polar surface area (TPSA) is 52.6 Å². The van der Waals surface area contributed by atoms with E-state index < -0.39 is 6.10 Å². The molecule has 1 aromatic heterocycles. The number of aliphatic hydroxyl groups excluding tert-OH is 1. The van der Waals surface area contributed by atoms with Gasteiger partial charge in [-0.25, -0.2) is 0 Å². The summed E-state index contributed by atoms with van der Waals surface area (Å²) in [5.74, 6) is 2.52. The number of carbonyl (C=O) groups excluding carboxylic acids is 1. The molecule has 0 aromatic carbocycles. The summed E-state index contributed by atoms with van der Waals surface area (Å²) >= 11 is 1.68. The minimum atomic E-state index is -0.562. The predicted molar refractivity (Wildman–Crippen MR) is 116 cm³/mol. The molecule has 2 N–H and O–H groups in total. The third-order valence-electron chi connectivity index (χ3n) is 7.23. The van der Waals surface area contributed by atoms with Crippen LogP contribution in [0.1, 0.15) is 74.8 Å². The highest BCUT2D eigenvalue weighted by Crippen LogP contribution is 2.60. The number of aliphatic hydroxyl groups is 1. The number of aryl methyl sites for hydroxylation is 1. The van der Waals surface area contributed by atoms with Gasteiger partial charge in [0.15, 0.2) is 0 Å². The molecular formula is C23H36N2O2S. The van der Waals surface area contributed by atoms with Crippen LogP contribution in [0.4, 0.5) is 5.00 Å². The van der Waals surface area contributed by atoms with E-state index in [1.54, 1.807) is 11.3 Å². The lowest BCUT2D eigenvalue weighted by Crippen LogP contribution is -2.51. The Balaban J connectivity index is 1.54. The number of carbonyl (C=O) groups is 1. The van der Waals surface area contributed by atoms with Crippen molar-refractivity contribution in [3.63, 3.8) is 0 Å². The van der Waals surface area contributed by atoms with Crippen LogP contribution in [-0.2, 0) is 11.2 Å². The smallest absolute Gasteiger partial charge is 0.231 e. The zero-order valence-electron chi connectivity index (χ0n) is 17.7. The highest BCUT2D eigenvalue weighted by Gasteiger charge is 2.54. The second-order valence-electron chi connectivity index (χ2n) is 10.0. The lowest BCUT2D eigenvalue weighted by atomic mass is 9.49. The molecule has 0 aliphatic heterocycles. The highest BCUT2D eigenvalue weighted by molar-refractivity contribution is 7.16. The Morgan fingerprint density at radius 3 is 2.39 bits per heavy atom. The fourth-order valence-corrected chi connectivity index (χ4v) is 7.50. The van der Waals surface area contributed by atoms with Gasteiger partial charge in [0.05, 0.1) is 11.5 Å². The molecule has 4 saturated carbocycles. The predicted octanol–water partition coefficient (Wildman–Crippen LogP) is 4.84. The van der Waals surface area contributed by atoms with Crippen molar-refractivity contribution in [3.8, 4) is 0 Å². The Morgan fingerprint density at radius 1 is 1.25 bits per heavy atom. The molecule has 1 heterocycles. The molecular weight excluding hydrogens is 368 g/mol. The molecule has 0 spiro atoms. The molecule has 1 amide bonds. The molecule has 4 fully saturated rings. The zero-order valence-corrected chi connectivity index (χ0v) is 18.5. The second kappa shape index (κ2) is 8.08. The number of nitrogens with zero attached hydrogens (tertiary/aromatic N) is 1. The molecule has 156 valence electrons. The summed E-state index contributed by atoms with van der Waals surface area (Å²) in [6.07, 6.45) is 10.0. The van der Waals surface area contributed by atoms with E-state index >= 15 is 0 Å². The summed E-state index contributed by atoms with van der Waals surface area (Å²) in [6, 6.07) is 2.13. The number of likely N-dealkylation sites (N-methyl/N-ethyl adjacent to an activating group) is 1. The molecule has 1 unspecified atom stereocenters. The number of thiophene rings is 1. The molecule has 1 aromatic rings. The number of unbranched alkanes of at least 4 members (excludes halogenated alkanes) is 1. The van der Waals surface area contributed by atoms with Crippen LogP contribution >= 0.6 is 11.3 Å². The summed E-state index contributed by atoms with van der Waals surface area (Å²) < 4.78 is 0. The lowest BCUT2D eigenvalue weighted by Gasteiger charge is -2.55. The first-order valence-electron chi connectivity index (χ1n) is 11.2. The highest BCUT2D eigenvalue weighted by atomic mass is 32.1. The van der Waals surface area contributed by atoms with Gasteiger partial charge in [-0.3, -0.25) is 4.79 Å². The van der Waals surface area contributed by atoms with Gasteiger partial charge in [0.25, 0.3) is 0 Å². The van der Waals surface area contributed by atoms with E-state index in [0.717, 1.165) is 66.8 Å². The fraction of sp³-hybridized carbons (Fsp3) is 0.783. The van der Waals surface area contributed by atoms with E-state index in [0.29, 0.717) is 6.54 Å². The maximum atomic E-state index is 13.5. The maximum absolute atomic E-state index is 13.5. The van der Waals surface area contributed by atoms with Gasteiger partial charge in [0.1, 0.15) is 5.00 Å². The van der Waals surface area contributed by atoms with E-state index in [1.807, 2.05) is 19.0 Å². The van der Waals surface area contributed by atoms with Gasteiger partial charge >= 0.3 is 0 Å². The van der Waals surface area contributed by atoms with E-state index in [-0.39, 0.29) is 11.3 Å². The van der Waals surface area contributed by atoms with Crippen LogP contribution in [0.5, 0.6) is 0 Å². The fourth-order valence-electron chi connectivity index (χ4n) is 6.35. The molecule has 5 rings (SSSR count). The minimum absolute atomic E-state index is 0.147. The third kappa shape index (κ3) is 4.03. The lowest BCUT2D eigenvalue weighted by molar-refractivity contribution is -0.140. The number of nitrogens with one attached hydrogen (secondary N) is 1. The zero-order chi connectivity index (χ0) is 19.9. The Hall–Kier alpha value is -0.910. The summed E-state index contributed by atoms with van der Waals surface area (Å²) in [7, 11) is 3.95. The van der Waals surface area contributed by atoms with Crippen molar-refractivity contribution in [1.29, 1.82) is 0 Å². The van der Waals surface area contributed by atoms with Gasteiger partial charge in [-0.1, -0.05) is 13.3 Å². The Bertz CT molecular complexity index is 676. The average Bonchev–Trinajstić information content (AvgIpc) is 3.01. The van der Waals surface area contributed by atoms with Crippen molar-refractivity contribution in [1.82, 2.24) is 4.90 Å². The van der Waals surface area contributed by atoms with Crippen molar-refractivity contribution in [2.24, 2.45) is 23.2 Å². The summed E-state index contributed by atoms with van der Waals surface area (Å²) in [5.41, 5.74) is 0.759. The first kappa shape index (κ1) is 20.4. The molecule has 0 saturated heterocycles. The van der Waals surface area contributed by atoms with E-state index in [4.69, 9.17) is 0 Å². The molecule has 4 aliphatic rings. The number of hydrogen-bond acceptors (Lipinski definition) is 4. The third-order valence-corrected chi connectivity index (χ3v) is 8.36. The minimum Gasteiger partial charge on any atom is -0.387 e. The quantitative estimate of drug-likeness (QED) is 0.652. The van der Waals surface area contributed by atoms with E-state index in [9.17, 15) is 9.90 Å². The molecule has 5 heteroatoms. The first-order valence-corrected chi connectivity index (χ1v) is 12.0. The van der Waals surface area contributed by atoms with Crippen LogP contribution < -0.4 is 5.32 Å². The average molecular weight is 405 g/mol. The number of hydrogen-bond donors (Lipinski definition) is 2. The maximum Gasteiger partial charge on any atom is 0.231 e. The standard InChI is InChI=1S/C23H36N2O2S/c1-4-5-6-18-10-19(20(26)14-25(2)3)21(28-18)24-22(27)23-11-15-7-16(12-23)9-17(8-15)13-23/h10,15-17,20,26H,4-9,11-14H2,1-3H3,(H,24,27). The Morgan fingerprint density at radius 2 is 1.86 bits per heavy atom. The summed E-state index contributed by atoms with van der Waals surface area (Å²) in [6.45, 7) is 2.77. The Kier molecular flexibility index (Phi) is 5.88. The van der Waals surface area contributed by atoms with E-state index in [2.05, 4.69) is 18.3 Å². The number of anilines is 1. The van der Waals surface area contributed by atoms with Gasteiger partial charge < -0.3 is 15.3 Å². The van der Waals surface area contributed by atoms with Gasteiger partial charge in [-0.15, -0.1) is 11.3 Å².